The van der Waals surface area contributed by atoms with Crippen LogP contribution in [-0.4, -0.2) is 22.3 Å². The van der Waals surface area contributed by atoms with E-state index in [4.69, 9.17) is 14.8 Å². The molecule has 0 saturated heterocycles. The van der Waals surface area contributed by atoms with Crippen LogP contribution in [0.25, 0.3) is 0 Å². The second-order valence-electron chi connectivity index (χ2n) is 8.95. The first kappa shape index (κ1) is 19.4. The van der Waals surface area contributed by atoms with Crippen LogP contribution >= 0.6 is 0 Å². The number of hydrogen-bond acceptors (Lipinski definition) is 3. The molecule has 1 unspecified atom stereocenters. The summed E-state index contributed by atoms with van der Waals surface area (Å²) in [6, 6.07) is 19.4. The van der Waals surface area contributed by atoms with E-state index in [1.54, 1.807) is 0 Å². The minimum atomic E-state index is 0.0292. The molecule has 4 heteroatoms. The number of benzene rings is 2. The van der Waals surface area contributed by atoms with E-state index in [1.165, 1.54) is 22.3 Å². The van der Waals surface area contributed by atoms with Gasteiger partial charge in [-0.25, -0.2) is 4.99 Å². The van der Waals surface area contributed by atoms with Gasteiger partial charge in [-0.3, -0.25) is 4.68 Å². The third-order valence-corrected chi connectivity index (χ3v) is 5.47. The molecular weight excluding hydrogens is 358 g/mol. The maximum Gasteiger partial charge on any atom is 0.238 e. The van der Waals surface area contributed by atoms with Gasteiger partial charge in [0, 0.05) is 5.69 Å². The molecule has 0 aliphatic carbocycles. The summed E-state index contributed by atoms with van der Waals surface area (Å²) in [5.74, 6) is 0.639. The van der Waals surface area contributed by atoms with Crippen LogP contribution in [0.4, 0.5) is 0 Å². The van der Waals surface area contributed by atoms with Crippen LogP contribution in [0.15, 0.2) is 59.6 Å². The van der Waals surface area contributed by atoms with Crippen molar-refractivity contribution in [1.82, 2.24) is 9.78 Å². The van der Waals surface area contributed by atoms with Gasteiger partial charge in [0.15, 0.2) is 0 Å². The quantitative estimate of drug-likeness (QED) is 0.604. The third-order valence-electron chi connectivity index (χ3n) is 5.47. The Balaban J connectivity index is 1.51. The van der Waals surface area contributed by atoms with Crippen LogP contribution in [0, 0.1) is 13.8 Å². The molecule has 29 heavy (non-hydrogen) atoms. The van der Waals surface area contributed by atoms with Crippen molar-refractivity contribution in [3.05, 3.63) is 88.2 Å². The standard InChI is InChI=1S/C25H29N3O/c1-17-6-8-19(9-7-17)15-28-18(2)14-22(27-28)24-26-23(16-29-24)20-10-12-21(13-11-20)25(3,4)5/h6-14,23H,15-16H2,1-5H3. The Morgan fingerprint density at radius 2 is 1.69 bits per heavy atom. The first-order valence-electron chi connectivity index (χ1n) is 10.2. The normalized spacial score (nSPS) is 16.6. The van der Waals surface area contributed by atoms with E-state index in [9.17, 15) is 0 Å². The van der Waals surface area contributed by atoms with E-state index in [-0.39, 0.29) is 11.5 Å². The number of ether oxygens (including phenoxy) is 1. The highest BCUT2D eigenvalue weighted by molar-refractivity contribution is 5.93. The third kappa shape index (κ3) is 4.26. The number of rotatable bonds is 4. The number of aromatic nitrogens is 2. The largest absolute Gasteiger partial charge is 0.474 e. The Hall–Kier alpha value is -2.88. The van der Waals surface area contributed by atoms with Crippen molar-refractivity contribution in [2.75, 3.05) is 6.61 Å². The minimum Gasteiger partial charge on any atom is -0.474 e. The summed E-state index contributed by atoms with van der Waals surface area (Å²) in [4.78, 5) is 4.81. The molecule has 0 fully saturated rings. The van der Waals surface area contributed by atoms with Crippen molar-refractivity contribution in [2.24, 2.45) is 4.99 Å². The fourth-order valence-electron chi connectivity index (χ4n) is 3.53. The molecule has 150 valence electrons. The second-order valence-corrected chi connectivity index (χ2v) is 8.95. The first-order chi connectivity index (χ1) is 13.8. The summed E-state index contributed by atoms with van der Waals surface area (Å²) in [5.41, 5.74) is 7.08. The Labute approximate surface area is 173 Å². The predicted octanol–water partition coefficient (Wildman–Crippen LogP) is 5.36. The predicted molar refractivity (Wildman–Crippen MR) is 118 cm³/mol. The highest BCUT2D eigenvalue weighted by atomic mass is 16.5. The van der Waals surface area contributed by atoms with E-state index in [1.807, 2.05) is 4.68 Å². The lowest BCUT2D eigenvalue weighted by atomic mass is 9.86. The van der Waals surface area contributed by atoms with Crippen molar-refractivity contribution >= 4 is 5.90 Å². The van der Waals surface area contributed by atoms with E-state index in [2.05, 4.69) is 89.2 Å². The van der Waals surface area contributed by atoms with E-state index < -0.39 is 0 Å². The SMILES string of the molecule is Cc1ccc(Cn2nc(C3=NC(c4ccc(C(C)(C)C)cc4)CO3)cc2C)cc1. The lowest BCUT2D eigenvalue weighted by Crippen LogP contribution is -2.11. The number of aryl methyl sites for hydroxylation is 2. The highest BCUT2D eigenvalue weighted by Crippen LogP contribution is 2.28. The number of nitrogens with zero attached hydrogens (tertiary/aromatic N) is 3. The maximum atomic E-state index is 5.91. The molecule has 1 aliphatic rings. The zero-order valence-corrected chi connectivity index (χ0v) is 17.9. The van der Waals surface area contributed by atoms with Gasteiger partial charge in [-0.1, -0.05) is 74.9 Å². The van der Waals surface area contributed by atoms with Gasteiger partial charge >= 0.3 is 0 Å². The molecule has 0 amide bonds. The summed E-state index contributed by atoms with van der Waals surface area (Å²) in [7, 11) is 0. The molecule has 0 bridgehead atoms. The van der Waals surface area contributed by atoms with Crippen molar-refractivity contribution in [3.8, 4) is 0 Å². The van der Waals surface area contributed by atoms with Crippen LogP contribution in [0.3, 0.4) is 0 Å². The van der Waals surface area contributed by atoms with E-state index in [0.717, 1.165) is 17.9 Å². The van der Waals surface area contributed by atoms with Crippen LogP contribution < -0.4 is 0 Å². The molecule has 1 aromatic heterocycles. The Morgan fingerprint density at radius 3 is 2.34 bits per heavy atom. The van der Waals surface area contributed by atoms with Gasteiger partial charge in [0.1, 0.15) is 18.3 Å². The van der Waals surface area contributed by atoms with Gasteiger partial charge in [-0.15, -0.1) is 0 Å². The zero-order valence-electron chi connectivity index (χ0n) is 17.9. The summed E-state index contributed by atoms with van der Waals surface area (Å²) in [6.45, 7) is 12.2. The number of hydrogen-bond donors (Lipinski definition) is 0. The molecule has 3 aromatic rings. The maximum absolute atomic E-state index is 5.91. The highest BCUT2D eigenvalue weighted by Gasteiger charge is 2.24. The molecule has 0 spiro atoms. The Bertz CT molecular complexity index is 1020. The van der Waals surface area contributed by atoms with Crippen molar-refractivity contribution in [3.63, 3.8) is 0 Å². The second kappa shape index (κ2) is 7.51. The van der Waals surface area contributed by atoms with Gasteiger partial charge in [-0.2, -0.15) is 5.10 Å². The molecule has 0 radical (unpaired) electrons. The minimum absolute atomic E-state index is 0.0292. The average molecular weight is 388 g/mol. The summed E-state index contributed by atoms with van der Waals surface area (Å²) < 4.78 is 7.92. The smallest absolute Gasteiger partial charge is 0.238 e. The van der Waals surface area contributed by atoms with Gasteiger partial charge in [0.05, 0.1) is 6.54 Å². The molecule has 0 saturated carbocycles. The molecular formula is C25H29N3O. The lowest BCUT2D eigenvalue weighted by molar-refractivity contribution is 0.318. The number of aliphatic imine (C=N–C) groups is 1. The average Bonchev–Trinajstić information content (AvgIpc) is 3.30. The fraction of sp³-hybridized carbons (Fsp3) is 0.360. The molecule has 0 N–H and O–H groups in total. The summed E-state index contributed by atoms with van der Waals surface area (Å²) in [6.07, 6.45) is 0. The van der Waals surface area contributed by atoms with Crippen LogP contribution in [0.2, 0.25) is 0 Å². The topological polar surface area (TPSA) is 39.4 Å². The molecule has 4 rings (SSSR count). The van der Waals surface area contributed by atoms with Gasteiger partial charge in [-0.05, 0) is 42.0 Å². The van der Waals surface area contributed by atoms with Crippen LogP contribution in [-0.2, 0) is 16.7 Å². The summed E-state index contributed by atoms with van der Waals surface area (Å²) >= 11 is 0. The molecule has 1 aliphatic heterocycles. The van der Waals surface area contributed by atoms with Crippen molar-refractivity contribution in [1.29, 1.82) is 0 Å². The van der Waals surface area contributed by atoms with E-state index >= 15 is 0 Å². The molecule has 2 heterocycles. The molecule has 1 atom stereocenters. The fourth-order valence-corrected chi connectivity index (χ4v) is 3.53. The molecule has 4 nitrogen and oxygen atoms in total. The van der Waals surface area contributed by atoms with Crippen molar-refractivity contribution < 1.29 is 4.74 Å². The Kier molecular flexibility index (Phi) is 5.03. The van der Waals surface area contributed by atoms with Gasteiger partial charge in [0.2, 0.25) is 5.90 Å². The van der Waals surface area contributed by atoms with Gasteiger partial charge in [0.25, 0.3) is 0 Å². The summed E-state index contributed by atoms with van der Waals surface area (Å²) in [5, 5.41) is 4.74. The van der Waals surface area contributed by atoms with Gasteiger partial charge < -0.3 is 4.74 Å². The van der Waals surface area contributed by atoms with Crippen molar-refractivity contribution in [2.45, 2.75) is 52.6 Å². The lowest BCUT2D eigenvalue weighted by Gasteiger charge is -2.19. The zero-order chi connectivity index (χ0) is 20.6. The van der Waals surface area contributed by atoms with Crippen LogP contribution in [0.5, 0.6) is 0 Å². The first-order valence-corrected chi connectivity index (χ1v) is 10.2. The Morgan fingerprint density at radius 1 is 1.00 bits per heavy atom. The van der Waals surface area contributed by atoms with E-state index in [0.29, 0.717) is 12.5 Å². The molecule has 2 aromatic carbocycles. The van der Waals surface area contributed by atoms with Crippen LogP contribution in [0.1, 0.15) is 60.5 Å². The monoisotopic (exact) mass is 387 g/mol.